The number of piperidine rings is 1. The average molecular weight is 266 g/mol. The van der Waals surface area contributed by atoms with Gasteiger partial charge in [0.05, 0.1) is 4.88 Å². The molecule has 0 bridgehead atoms. The molecule has 2 unspecified atom stereocenters. The van der Waals surface area contributed by atoms with E-state index in [1.54, 1.807) is 11.3 Å². The molecule has 4 heteroatoms. The SMILES string of the molecule is CCc1ccsc1C(=O)N1CCCC(C(C)N)C1. The topological polar surface area (TPSA) is 46.3 Å². The third-order valence-corrected chi connectivity index (χ3v) is 4.76. The van der Waals surface area contributed by atoms with Gasteiger partial charge in [0.2, 0.25) is 0 Å². The Morgan fingerprint density at radius 3 is 3.11 bits per heavy atom. The molecule has 2 heterocycles. The largest absolute Gasteiger partial charge is 0.338 e. The van der Waals surface area contributed by atoms with Crippen molar-refractivity contribution in [3.63, 3.8) is 0 Å². The van der Waals surface area contributed by atoms with E-state index in [2.05, 4.69) is 13.0 Å². The van der Waals surface area contributed by atoms with E-state index in [1.807, 2.05) is 17.2 Å². The lowest BCUT2D eigenvalue weighted by molar-refractivity contribution is 0.0665. The van der Waals surface area contributed by atoms with Crippen LogP contribution in [0.25, 0.3) is 0 Å². The number of carbonyl (C=O) groups is 1. The first-order valence-corrected chi connectivity index (χ1v) is 7.62. The average Bonchev–Trinajstić information content (AvgIpc) is 2.86. The Bertz CT molecular complexity index is 414. The number of amides is 1. The number of aryl methyl sites for hydroxylation is 1. The van der Waals surface area contributed by atoms with Crippen molar-refractivity contribution in [1.29, 1.82) is 0 Å². The molecule has 0 aliphatic carbocycles. The van der Waals surface area contributed by atoms with Gasteiger partial charge in [-0.25, -0.2) is 0 Å². The van der Waals surface area contributed by atoms with E-state index in [1.165, 1.54) is 5.56 Å². The molecular formula is C14H22N2OS. The highest BCUT2D eigenvalue weighted by molar-refractivity contribution is 7.12. The summed E-state index contributed by atoms with van der Waals surface area (Å²) in [6.45, 7) is 5.84. The second-order valence-corrected chi connectivity index (χ2v) is 6.06. The van der Waals surface area contributed by atoms with Crippen LogP contribution in [-0.4, -0.2) is 29.9 Å². The predicted octanol–water partition coefficient (Wildman–Crippen LogP) is 2.51. The van der Waals surface area contributed by atoms with Crippen LogP contribution in [0.1, 0.15) is 41.9 Å². The minimum atomic E-state index is 0.176. The Morgan fingerprint density at radius 1 is 1.67 bits per heavy atom. The second-order valence-electron chi connectivity index (χ2n) is 5.14. The summed E-state index contributed by atoms with van der Waals surface area (Å²) in [4.78, 5) is 15.4. The number of nitrogens with two attached hydrogens (primary N) is 1. The van der Waals surface area contributed by atoms with E-state index in [4.69, 9.17) is 5.73 Å². The van der Waals surface area contributed by atoms with Crippen molar-refractivity contribution < 1.29 is 4.79 Å². The minimum absolute atomic E-state index is 0.176. The molecule has 2 N–H and O–H groups in total. The summed E-state index contributed by atoms with van der Waals surface area (Å²) in [5, 5.41) is 2.01. The minimum Gasteiger partial charge on any atom is -0.338 e. The number of rotatable bonds is 3. The van der Waals surface area contributed by atoms with Crippen molar-refractivity contribution in [2.75, 3.05) is 13.1 Å². The zero-order valence-corrected chi connectivity index (χ0v) is 12.0. The summed E-state index contributed by atoms with van der Waals surface area (Å²) >= 11 is 1.56. The molecule has 1 fully saturated rings. The molecule has 100 valence electrons. The van der Waals surface area contributed by atoms with Gasteiger partial charge in [0.1, 0.15) is 0 Å². The van der Waals surface area contributed by atoms with E-state index in [0.717, 1.165) is 37.2 Å². The van der Waals surface area contributed by atoms with Gasteiger partial charge >= 0.3 is 0 Å². The van der Waals surface area contributed by atoms with Gasteiger partial charge in [0.25, 0.3) is 5.91 Å². The second kappa shape index (κ2) is 5.85. The monoisotopic (exact) mass is 266 g/mol. The van der Waals surface area contributed by atoms with Gasteiger partial charge in [-0.1, -0.05) is 6.92 Å². The molecule has 0 radical (unpaired) electrons. The summed E-state index contributed by atoms with van der Waals surface area (Å²) < 4.78 is 0. The van der Waals surface area contributed by atoms with Crippen LogP contribution in [0, 0.1) is 5.92 Å². The van der Waals surface area contributed by atoms with Crippen LogP contribution in [0.2, 0.25) is 0 Å². The Morgan fingerprint density at radius 2 is 2.44 bits per heavy atom. The Balaban J connectivity index is 2.09. The molecule has 0 spiro atoms. The van der Waals surface area contributed by atoms with Gasteiger partial charge in [-0.05, 0) is 49.1 Å². The molecule has 0 saturated carbocycles. The zero-order chi connectivity index (χ0) is 13.1. The molecule has 3 nitrogen and oxygen atoms in total. The zero-order valence-electron chi connectivity index (χ0n) is 11.2. The van der Waals surface area contributed by atoms with E-state index >= 15 is 0 Å². The molecule has 2 rings (SSSR count). The lowest BCUT2D eigenvalue weighted by Gasteiger charge is -2.34. The van der Waals surface area contributed by atoms with Crippen LogP contribution >= 0.6 is 11.3 Å². The normalized spacial score (nSPS) is 21.9. The molecular weight excluding hydrogens is 244 g/mol. The van der Waals surface area contributed by atoms with E-state index in [9.17, 15) is 4.79 Å². The lowest BCUT2D eigenvalue weighted by Crippen LogP contribution is -2.45. The number of hydrogen-bond acceptors (Lipinski definition) is 3. The van der Waals surface area contributed by atoms with Crippen molar-refractivity contribution in [2.24, 2.45) is 11.7 Å². The molecule has 1 aromatic heterocycles. The Kier molecular flexibility index (Phi) is 4.40. The summed E-state index contributed by atoms with van der Waals surface area (Å²) in [5.41, 5.74) is 7.14. The van der Waals surface area contributed by atoms with Crippen LogP contribution in [0.4, 0.5) is 0 Å². The first kappa shape index (κ1) is 13.6. The van der Waals surface area contributed by atoms with Crippen LogP contribution in [-0.2, 0) is 6.42 Å². The maximum Gasteiger partial charge on any atom is 0.264 e. The molecule has 2 atom stereocenters. The first-order chi connectivity index (χ1) is 8.63. The first-order valence-electron chi connectivity index (χ1n) is 6.74. The van der Waals surface area contributed by atoms with E-state index in [0.29, 0.717) is 5.92 Å². The smallest absolute Gasteiger partial charge is 0.264 e. The molecule has 1 aliphatic heterocycles. The highest BCUT2D eigenvalue weighted by Crippen LogP contribution is 2.24. The number of likely N-dealkylation sites (tertiary alicyclic amines) is 1. The third kappa shape index (κ3) is 2.75. The predicted molar refractivity (Wildman–Crippen MR) is 76.0 cm³/mol. The fourth-order valence-electron chi connectivity index (χ4n) is 2.57. The highest BCUT2D eigenvalue weighted by atomic mass is 32.1. The van der Waals surface area contributed by atoms with Crippen molar-refractivity contribution in [3.8, 4) is 0 Å². The van der Waals surface area contributed by atoms with Crippen LogP contribution in [0.5, 0.6) is 0 Å². The maximum atomic E-state index is 12.5. The number of thiophene rings is 1. The van der Waals surface area contributed by atoms with Gasteiger partial charge in [0, 0.05) is 19.1 Å². The van der Waals surface area contributed by atoms with Crippen molar-refractivity contribution in [2.45, 2.75) is 39.2 Å². The Hall–Kier alpha value is -0.870. The summed E-state index contributed by atoms with van der Waals surface area (Å²) in [6, 6.07) is 2.24. The molecule has 1 saturated heterocycles. The molecule has 1 amide bonds. The molecule has 1 aliphatic rings. The van der Waals surface area contributed by atoms with Gasteiger partial charge in [-0.3, -0.25) is 4.79 Å². The number of carbonyl (C=O) groups excluding carboxylic acids is 1. The maximum absolute atomic E-state index is 12.5. The fraction of sp³-hybridized carbons (Fsp3) is 0.643. The van der Waals surface area contributed by atoms with Crippen molar-refractivity contribution >= 4 is 17.2 Å². The van der Waals surface area contributed by atoms with Gasteiger partial charge < -0.3 is 10.6 Å². The van der Waals surface area contributed by atoms with Gasteiger partial charge in [-0.15, -0.1) is 11.3 Å². The summed E-state index contributed by atoms with van der Waals surface area (Å²) in [5.74, 6) is 0.653. The van der Waals surface area contributed by atoms with Gasteiger partial charge in [0.15, 0.2) is 0 Å². The third-order valence-electron chi connectivity index (χ3n) is 3.81. The summed E-state index contributed by atoms with van der Waals surface area (Å²) in [7, 11) is 0. The quantitative estimate of drug-likeness (QED) is 0.913. The van der Waals surface area contributed by atoms with E-state index < -0.39 is 0 Å². The fourth-order valence-corrected chi connectivity index (χ4v) is 3.53. The standard InChI is InChI=1S/C14H22N2OS/c1-3-11-6-8-18-13(11)14(17)16-7-4-5-12(9-16)10(2)15/h6,8,10,12H,3-5,7,9,15H2,1-2H3. The van der Waals surface area contributed by atoms with Gasteiger partial charge in [-0.2, -0.15) is 0 Å². The molecule has 18 heavy (non-hydrogen) atoms. The van der Waals surface area contributed by atoms with Crippen molar-refractivity contribution in [3.05, 3.63) is 21.9 Å². The lowest BCUT2D eigenvalue weighted by atomic mass is 9.92. The summed E-state index contributed by atoms with van der Waals surface area (Å²) in [6.07, 6.45) is 3.15. The van der Waals surface area contributed by atoms with E-state index in [-0.39, 0.29) is 11.9 Å². The van der Waals surface area contributed by atoms with Crippen LogP contribution in [0.3, 0.4) is 0 Å². The molecule has 1 aromatic rings. The highest BCUT2D eigenvalue weighted by Gasteiger charge is 2.27. The van der Waals surface area contributed by atoms with Crippen LogP contribution in [0.15, 0.2) is 11.4 Å². The molecule has 0 aromatic carbocycles. The van der Waals surface area contributed by atoms with Crippen molar-refractivity contribution in [1.82, 2.24) is 4.90 Å². The number of hydrogen-bond donors (Lipinski definition) is 1. The Labute approximate surface area is 113 Å². The number of nitrogens with zero attached hydrogens (tertiary/aromatic N) is 1. The van der Waals surface area contributed by atoms with Crippen LogP contribution < -0.4 is 5.73 Å².